The van der Waals surface area contributed by atoms with Crippen LogP contribution in [0.4, 0.5) is 0 Å². The van der Waals surface area contributed by atoms with Crippen molar-refractivity contribution in [2.75, 3.05) is 6.54 Å². The van der Waals surface area contributed by atoms with Gasteiger partial charge < -0.3 is 5.32 Å². The van der Waals surface area contributed by atoms with E-state index in [1.54, 1.807) is 0 Å². The lowest BCUT2D eigenvalue weighted by Crippen LogP contribution is -2.35. The molecule has 2 rings (SSSR count). The highest BCUT2D eigenvalue weighted by Gasteiger charge is 2.28. The highest BCUT2D eigenvalue weighted by atomic mass is 32.2. The maximum absolute atomic E-state index is 11.9. The van der Waals surface area contributed by atoms with Gasteiger partial charge in [-0.3, -0.25) is 14.1 Å². The fourth-order valence-corrected chi connectivity index (χ4v) is 2.76. The third-order valence-corrected chi connectivity index (χ3v) is 3.87. The molecule has 2 atom stereocenters. The van der Waals surface area contributed by atoms with Crippen molar-refractivity contribution in [1.82, 2.24) is 20.5 Å². The monoisotopic (exact) mass is 228 g/mol. The van der Waals surface area contributed by atoms with Crippen molar-refractivity contribution >= 4 is 16.7 Å². The summed E-state index contributed by atoms with van der Waals surface area (Å²) < 4.78 is 11.9. The maximum Gasteiger partial charge on any atom is 0.236 e. The van der Waals surface area contributed by atoms with E-state index in [0.29, 0.717) is 13.0 Å². The molecule has 82 valence electrons. The van der Waals surface area contributed by atoms with Gasteiger partial charge in [-0.05, 0) is 19.3 Å². The van der Waals surface area contributed by atoms with Crippen LogP contribution in [-0.4, -0.2) is 37.1 Å². The Labute approximate surface area is 89.3 Å². The van der Waals surface area contributed by atoms with Gasteiger partial charge in [0.15, 0.2) is 0 Å². The van der Waals surface area contributed by atoms with Crippen LogP contribution < -0.4 is 5.32 Å². The summed E-state index contributed by atoms with van der Waals surface area (Å²) in [5.41, 5.74) is 0. The molecule has 1 aromatic heterocycles. The smallest absolute Gasteiger partial charge is 0.236 e. The molecule has 0 bridgehead atoms. The van der Waals surface area contributed by atoms with Crippen molar-refractivity contribution in [3.8, 4) is 0 Å². The molecule has 1 fully saturated rings. The number of carbonyl (C=O) groups is 1. The Kier molecular flexibility index (Phi) is 3.10. The summed E-state index contributed by atoms with van der Waals surface area (Å²) >= 11 is 0. The van der Waals surface area contributed by atoms with Crippen LogP contribution in [0.15, 0.2) is 11.5 Å². The second kappa shape index (κ2) is 4.52. The topological polar surface area (TPSA) is 87.7 Å². The number of nitrogens with one attached hydrogen (secondary N) is 2. The zero-order valence-electron chi connectivity index (χ0n) is 8.10. The van der Waals surface area contributed by atoms with Crippen LogP contribution in [-0.2, 0) is 15.6 Å². The molecular formula is C8H12N4O2S. The number of amides is 1. The average Bonchev–Trinajstić information content (AvgIpc) is 2.68. The zero-order valence-corrected chi connectivity index (χ0v) is 8.92. The van der Waals surface area contributed by atoms with E-state index >= 15 is 0 Å². The second-order valence-electron chi connectivity index (χ2n) is 3.36. The molecule has 7 heteroatoms. The SMILES string of the molecule is O=C1NCCCCC1S(=O)c1ncn[nH]1. The van der Waals surface area contributed by atoms with Gasteiger partial charge in [0.2, 0.25) is 11.1 Å². The van der Waals surface area contributed by atoms with Gasteiger partial charge in [-0.1, -0.05) is 0 Å². The van der Waals surface area contributed by atoms with Crippen molar-refractivity contribution < 1.29 is 9.00 Å². The number of carbonyl (C=O) groups excluding carboxylic acids is 1. The maximum atomic E-state index is 11.9. The van der Waals surface area contributed by atoms with E-state index in [9.17, 15) is 9.00 Å². The molecule has 0 aromatic carbocycles. The van der Waals surface area contributed by atoms with Gasteiger partial charge in [-0.15, -0.1) is 0 Å². The Bertz CT molecular complexity index is 365. The van der Waals surface area contributed by atoms with E-state index in [1.165, 1.54) is 6.33 Å². The van der Waals surface area contributed by atoms with Crippen LogP contribution >= 0.6 is 0 Å². The fourth-order valence-electron chi connectivity index (χ4n) is 1.54. The number of H-pyrrole nitrogens is 1. The summed E-state index contributed by atoms with van der Waals surface area (Å²) in [7, 11) is -1.42. The van der Waals surface area contributed by atoms with Crippen LogP contribution in [0.5, 0.6) is 0 Å². The highest BCUT2D eigenvalue weighted by Crippen LogP contribution is 2.14. The van der Waals surface area contributed by atoms with E-state index < -0.39 is 16.0 Å². The van der Waals surface area contributed by atoms with Crippen LogP contribution in [0, 0.1) is 0 Å². The first-order valence-corrected chi connectivity index (χ1v) is 6.04. The predicted molar refractivity (Wildman–Crippen MR) is 53.4 cm³/mol. The van der Waals surface area contributed by atoms with Gasteiger partial charge >= 0.3 is 0 Å². The molecule has 1 amide bonds. The average molecular weight is 228 g/mol. The summed E-state index contributed by atoms with van der Waals surface area (Å²) in [5, 5.41) is 8.68. The van der Waals surface area contributed by atoms with Crippen molar-refractivity contribution in [2.45, 2.75) is 29.7 Å². The third kappa shape index (κ3) is 2.23. The molecule has 0 spiro atoms. The van der Waals surface area contributed by atoms with Gasteiger partial charge in [0.05, 0.1) is 0 Å². The van der Waals surface area contributed by atoms with Gasteiger partial charge in [0.1, 0.15) is 22.4 Å². The first-order valence-electron chi connectivity index (χ1n) is 4.82. The van der Waals surface area contributed by atoms with Crippen LogP contribution in [0.2, 0.25) is 0 Å². The predicted octanol–water partition coefficient (Wildman–Crippen LogP) is -0.419. The van der Waals surface area contributed by atoms with Crippen molar-refractivity contribution in [3.05, 3.63) is 6.33 Å². The molecule has 0 aliphatic carbocycles. The second-order valence-corrected chi connectivity index (χ2v) is 4.91. The lowest BCUT2D eigenvalue weighted by molar-refractivity contribution is -0.120. The minimum absolute atomic E-state index is 0.151. The Morgan fingerprint density at radius 2 is 2.33 bits per heavy atom. The fraction of sp³-hybridized carbons (Fsp3) is 0.625. The lowest BCUT2D eigenvalue weighted by atomic mass is 10.2. The quantitative estimate of drug-likeness (QED) is 0.719. The largest absolute Gasteiger partial charge is 0.355 e. The van der Waals surface area contributed by atoms with Gasteiger partial charge in [0.25, 0.3) is 0 Å². The Balaban J connectivity index is 2.14. The molecular weight excluding hydrogens is 216 g/mol. The van der Waals surface area contributed by atoms with E-state index in [1.807, 2.05) is 0 Å². The molecule has 1 aliphatic heterocycles. The highest BCUT2D eigenvalue weighted by molar-refractivity contribution is 7.86. The Hall–Kier alpha value is -1.24. The molecule has 0 radical (unpaired) electrons. The molecule has 1 saturated heterocycles. The summed E-state index contributed by atoms with van der Waals surface area (Å²) in [6.07, 6.45) is 3.78. The Morgan fingerprint density at radius 3 is 3.07 bits per heavy atom. The van der Waals surface area contributed by atoms with E-state index in [0.717, 1.165) is 12.8 Å². The van der Waals surface area contributed by atoms with E-state index in [2.05, 4.69) is 20.5 Å². The lowest BCUT2D eigenvalue weighted by Gasteiger charge is -2.09. The minimum Gasteiger partial charge on any atom is -0.355 e. The normalized spacial score (nSPS) is 24.3. The van der Waals surface area contributed by atoms with Crippen LogP contribution in [0.3, 0.4) is 0 Å². The molecule has 2 N–H and O–H groups in total. The molecule has 2 unspecified atom stereocenters. The van der Waals surface area contributed by atoms with Crippen molar-refractivity contribution in [1.29, 1.82) is 0 Å². The van der Waals surface area contributed by atoms with Crippen molar-refractivity contribution in [2.24, 2.45) is 0 Å². The van der Waals surface area contributed by atoms with E-state index in [4.69, 9.17) is 0 Å². The van der Waals surface area contributed by atoms with Gasteiger partial charge in [0, 0.05) is 6.54 Å². The number of nitrogens with zero attached hydrogens (tertiary/aromatic N) is 2. The molecule has 6 nitrogen and oxygen atoms in total. The summed E-state index contributed by atoms with van der Waals surface area (Å²) in [6.45, 7) is 0.670. The summed E-state index contributed by atoms with van der Waals surface area (Å²) in [6, 6.07) is 0. The summed E-state index contributed by atoms with van der Waals surface area (Å²) in [4.78, 5) is 15.4. The number of aromatic amines is 1. The molecule has 2 heterocycles. The van der Waals surface area contributed by atoms with E-state index in [-0.39, 0.29) is 11.1 Å². The number of hydrogen-bond donors (Lipinski definition) is 2. The van der Waals surface area contributed by atoms with Crippen LogP contribution in [0.1, 0.15) is 19.3 Å². The number of rotatable bonds is 2. The molecule has 0 saturated carbocycles. The first-order chi connectivity index (χ1) is 7.29. The Morgan fingerprint density at radius 1 is 1.47 bits per heavy atom. The van der Waals surface area contributed by atoms with Gasteiger partial charge in [-0.2, -0.15) is 5.10 Å². The summed E-state index contributed by atoms with van der Waals surface area (Å²) in [5.74, 6) is -0.151. The number of aromatic nitrogens is 3. The number of hydrogen-bond acceptors (Lipinski definition) is 4. The molecule has 1 aliphatic rings. The molecule has 15 heavy (non-hydrogen) atoms. The molecule has 1 aromatic rings. The zero-order chi connectivity index (χ0) is 10.7. The van der Waals surface area contributed by atoms with Gasteiger partial charge in [-0.25, -0.2) is 4.98 Å². The standard InChI is InChI=1S/C8H12N4O2S/c13-7-6(3-1-2-4-9-7)15(14)8-10-5-11-12-8/h5-6H,1-4H2,(H,9,13)(H,10,11,12). The minimum atomic E-state index is -1.42. The first kappa shape index (κ1) is 10.3. The van der Waals surface area contributed by atoms with Crippen LogP contribution in [0.25, 0.3) is 0 Å². The van der Waals surface area contributed by atoms with Crippen molar-refractivity contribution in [3.63, 3.8) is 0 Å². The third-order valence-electron chi connectivity index (χ3n) is 2.33.